The minimum absolute atomic E-state index is 0.0498. The van der Waals surface area contributed by atoms with Crippen LogP contribution in [-0.4, -0.2) is 38.8 Å². The summed E-state index contributed by atoms with van der Waals surface area (Å²) in [4.78, 5) is 11.5. The Morgan fingerprint density at radius 3 is 2.69 bits per heavy atom. The molecule has 0 aromatic rings. The van der Waals surface area contributed by atoms with Gasteiger partial charge in [0.1, 0.15) is 6.10 Å². The molecule has 2 unspecified atom stereocenters. The average Bonchev–Trinajstić information content (AvgIpc) is 2.64. The van der Waals surface area contributed by atoms with E-state index in [0.29, 0.717) is 25.8 Å². The van der Waals surface area contributed by atoms with Crippen LogP contribution < -0.4 is 10.5 Å². The molecule has 0 aromatic heterocycles. The Bertz CT molecular complexity index is 341. The fourth-order valence-electron chi connectivity index (χ4n) is 1.61. The zero-order valence-corrected chi connectivity index (χ0v) is 10.1. The van der Waals surface area contributed by atoms with Crippen molar-refractivity contribution >= 4 is 15.9 Å². The topological polar surface area (TPSA) is 98.5 Å². The van der Waals surface area contributed by atoms with E-state index in [4.69, 9.17) is 10.5 Å². The molecule has 2 atom stereocenters. The first-order valence-electron chi connectivity index (χ1n) is 5.38. The highest BCUT2D eigenvalue weighted by molar-refractivity contribution is 7.90. The van der Waals surface area contributed by atoms with E-state index < -0.39 is 22.0 Å². The second-order valence-electron chi connectivity index (χ2n) is 3.84. The SMILES string of the molecule is CCCS(=O)(=O)NC(=O)C1CCC(CN)O1. The molecule has 6 nitrogen and oxygen atoms in total. The summed E-state index contributed by atoms with van der Waals surface area (Å²) in [6.07, 6.45) is 0.877. The molecule has 0 bridgehead atoms. The Labute approximate surface area is 95.6 Å². The van der Waals surface area contributed by atoms with Crippen molar-refractivity contribution in [3.05, 3.63) is 0 Å². The number of sulfonamides is 1. The fourth-order valence-corrected chi connectivity index (χ4v) is 2.69. The summed E-state index contributed by atoms with van der Waals surface area (Å²) in [6, 6.07) is 0. The average molecular weight is 250 g/mol. The van der Waals surface area contributed by atoms with Crippen molar-refractivity contribution in [2.24, 2.45) is 5.73 Å². The van der Waals surface area contributed by atoms with Crippen molar-refractivity contribution in [3.63, 3.8) is 0 Å². The Balaban J connectivity index is 2.48. The number of hydrogen-bond acceptors (Lipinski definition) is 5. The van der Waals surface area contributed by atoms with Crippen LogP contribution in [0.5, 0.6) is 0 Å². The number of ether oxygens (including phenoxy) is 1. The summed E-state index contributed by atoms with van der Waals surface area (Å²) in [5.41, 5.74) is 5.40. The minimum atomic E-state index is -3.50. The third kappa shape index (κ3) is 3.73. The van der Waals surface area contributed by atoms with Crippen molar-refractivity contribution in [1.82, 2.24) is 4.72 Å². The zero-order chi connectivity index (χ0) is 12.2. The van der Waals surface area contributed by atoms with Crippen LogP contribution >= 0.6 is 0 Å². The number of carbonyl (C=O) groups excluding carboxylic acids is 1. The molecule has 0 aromatic carbocycles. The molecular weight excluding hydrogens is 232 g/mol. The maximum Gasteiger partial charge on any atom is 0.262 e. The fraction of sp³-hybridized carbons (Fsp3) is 0.889. The maximum absolute atomic E-state index is 11.5. The minimum Gasteiger partial charge on any atom is -0.364 e. The van der Waals surface area contributed by atoms with Gasteiger partial charge in [-0.05, 0) is 19.3 Å². The summed E-state index contributed by atoms with van der Waals surface area (Å²) in [5, 5.41) is 0. The molecule has 7 heteroatoms. The molecule has 1 amide bonds. The standard InChI is InChI=1S/C9H18N2O4S/c1-2-5-16(13,14)11-9(12)8-4-3-7(6-10)15-8/h7-8H,2-6,10H2,1H3,(H,11,12). The van der Waals surface area contributed by atoms with E-state index in [1.807, 2.05) is 4.72 Å². The molecule has 1 heterocycles. The lowest BCUT2D eigenvalue weighted by molar-refractivity contribution is -0.129. The molecule has 1 rings (SSSR count). The first kappa shape index (κ1) is 13.4. The number of rotatable bonds is 5. The molecule has 1 fully saturated rings. The Kier molecular flexibility index (Phi) is 4.69. The number of amides is 1. The van der Waals surface area contributed by atoms with Gasteiger partial charge in [-0.1, -0.05) is 6.92 Å². The molecule has 1 aliphatic heterocycles. The summed E-state index contributed by atoms with van der Waals surface area (Å²) < 4.78 is 30.0. The van der Waals surface area contributed by atoms with Gasteiger partial charge in [0.15, 0.2) is 0 Å². The first-order chi connectivity index (χ1) is 7.48. The van der Waals surface area contributed by atoms with Gasteiger partial charge in [-0.25, -0.2) is 8.42 Å². The van der Waals surface area contributed by atoms with E-state index in [1.165, 1.54) is 0 Å². The number of carbonyl (C=O) groups is 1. The summed E-state index contributed by atoms with van der Waals surface area (Å²) in [5.74, 6) is -0.629. The van der Waals surface area contributed by atoms with Crippen LogP contribution in [0.25, 0.3) is 0 Å². The maximum atomic E-state index is 11.5. The van der Waals surface area contributed by atoms with Crippen LogP contribution in [0, 0.1) is 0 Å². The lowest BCUT2D eigenvalue weighted by atomic mass is 10.2. The monoisotopic (exact) mass is 250 g/mol. The molecule has 16 heavy (non-hydrogen) atoms. The van der Waals surface area contributed by atoms with E-state index in [2.05, 4.69) is 0 Å². The van der Waals surface area contributed by atoms with Gasteiger partial charge >= 0.3 is 0 Å². The largest absolute Gasteiger partial charge is 0.364 e. The van der Waals surface area contributed by atoms with Gasteiger partial charge in [0.05, 0.1) is 11.9 Å². The zero-order valence-electron chi connectivity index (χ0n) is 9.31. The predicted molar refractivity (Wildman–Crippen MR) is 59.2 cm³/mol. The van der Waals surface area contributed by atoms with Gasteiger partial charge in [0.2, 0.25) is 10.0 Å². The van der Waals surface area contributed by atoms with E-state index in [9.17, 15) is 13.2 Å². The van der Waals surface area contributed by atoms with Gasteiger partial charge in [-0.3, -0.25) is 9.52 Å². The van der Waals surface area contributed by atoms with Gasteiger partial charge in [0, 0.05) is 6.54 Å². The van der Waals surface area contributed by atoms with Crippen molar-refractivity contribution in [2.45, 2.75) is 38.4 Å². The molecule has 3 N–H and O–H groups in total. The van der Waals surface area contributed by atoms with E-state index >= 15 is 0 Å². The Morgan fingerprint density at radius 2 is 2.19 bits per heavy atom. The number of nitrogens with one attached hydrogen (secondary N) is 1. The lowest BCUT2D eigenvalue weighted by Gasteiger charge is -2.12. The van der Waals surface area contributed by atoms with Gasteiger partial charge in [-0.2, -0.15) is 0 Å². The third-order valence-corrected chi connectivity index (χ3v) is 3.85. The van der Waals surface area contributed by atoms with E-state index in [1.54, 1.807) is 6.92 Å². The first-order valence-corrected chi connectivity index (χ1v) is 7.03. The quantitative estimate of drug-likeness (QED) is 0.675. The van der Waals surface area contributed by atoms with Gasteiger partial charge in [0.25, 0.3) is 5.91 Å². The molecule has 1 saturated heterocycles. The van der Waals surface area contributed by atoms with Crippen LogP contribution in [0.1, 0.15) is 26.2 Å². The predicted octanol–water partition coefficient (Wildman–Crippen LogP) is -0.651. The molecule has 94 valence electrons. The molecular formula is C9H18N2O4S. The smallest absolute Gasteiger partial charge is 0.262 e. The van der Waals surface area contributed by atoms with Gasteiger partial charge < -0.3 is 10.5 Å². The van der Waals surface area contributed by atoms with Crippen LogP contribution in [0.3, 0.4) is 0 Å². The Hall–Kier alpha value is -0.660. The van der Waals surface area contributed by atoms with Crippen molar-refractivity contribution in [2.75, 3.05) is 12.3 Å². The molecule has 1 aliphatic rings. The number of hydrogen-bond donors (Lipinski definition) is 2. The summed E-state index contributed by atoms with van der Waals surface area (Å²) in [7, 11) is -3.50. The van der Waals surface area contributed by atoms with Crippen LogP contribution in [0.4, 0.5) is 0 Å². The molecule has 0 aliphatic carbocycles. The van der Waals surface area contributed by atoms with E-state index in [-0.39, 0.29) is 11.9 Å². The molecule has 0 radical (unpaired) electrons. The highest BCUT2D eigenvalue weighted by Gasteiger charge is 2.31. The van der Waals surface area contributed by atoms with Crippen molar-refractivity contribution < 1.29 is 17.9 Å². The van der Waals surface area contributed by atoms with Crippen LogP contribution in [0.2, 0.25) is 0 Å². The second kappa shape index (κ2) is 5.60. The summed E-state index contributed by atoms with van der Waals surface area (Å²) in [6.45, 7) is 2.09. The highest BCUT2D eigenvalue weighted by Crippen LogP contribution is 2.18. The summed E-state index contributed by atoms with van der Waals surface area (Å²) >= 11 is 0. The van der Waals surface area contributed by atoms with Crippen LogP contribution in [-0.2, 0) is 19.6 Å². The normalized spacial score (nSPS) is 25.6. The van der Waals surface area contributed by atoms with Crippen molar-refractivity contribution in [1.29, 1.82) is 0 Å². The number of nitrogens with two attached hydrogens (primary N) is 1. The van der Waals surface area contributed by atoms with Crippen LogP contribution in [0.15, 0.2) is 0 Å². The highest BCUT2D eigenvalue weighted by atomic mass is 32.2. The van der Waals surface area contributed by atoms with Gasteiger partial charge in [-0.15, -0.1) is 0 Å². The molecule has 0 saturated carbocycles. The third-order valence-electron chi connectivity index (χ3n) is 2.39. The second-order valence-corrected chi connectivity index (χ2v) is 5.69. The Morgan fingerprint density at radius 1 is 1.50 bits per heavy atom. The lowest BCUT2D eigenvalue weighted by Crippen LogP contribution is -2.40. The molecule has 0 spiro atoms. The van der Waals surface area contributed by atoms with Crippen molar-refractivity contribution in [3.8, 4) is 0 Å². The van der Waals surface area contributed by atoms with E-state index in [0.717, 1.165) is 0 Å².